The van der Waals surface area contributed by atoms with Gasteiger partial charge in [0, 0.05) is 6.20 Å². The van der Waals surface area contributed by atoms with Crippen molar-refractivity contribution in [3.8, 4) is 17.4 Å². The average Bonchev–Trinajstić information content (AvgIpc) is 2.51. The Morgan fingerprint density at radius 2 is 1.82 bits per heavy atom. The standard InChI is InChI=1S/C15H13Cl2NO4/c1-9(15(19)20-2)21-11-3-5-12(6-4-11)22-14-13(17)7-10(16)8-18-14/h3-9H,1-2H3/t9-/m1/s1. The largest absolute Gasteiger partial charge is 0.479 e. The number of ether oxygens (including phenoxy) is 3. The lowest BCUT2D eigenvalue weighted by atomic mass is 10.3. The van der Waals surface area contributed by atoms with Gasteiger partial charge in [0.1, 0.15) is 16.5 Å². The van der Waals surface area contributed by atoms with Gasteiger partial charge in [0.05, 0.1) is 12.1 Å². The number of hydrogen-bond acceptors (Lipinski definition) is 5. The molecule has 116 valence electrons. The van der Waals surface area contributed by atoms with Gasteiger partial charge >= 0.3 is 5.97 Å². The molecule has 0 amide bonds. The molecule has 0 saturated heterocycles. The van der Waals surface area contributed by atoms with Crippen LogP contribution >= 0.6 is 23.2 Å². The van der Waals surface area contributed by atoms with Crippen LogP contribution in [0.15, 0.2) is 36.5 Å². The number of aromatic nitrogens is 1. The minimum atomic E-state index is -0.691. The number of carbonyl (C=O) groups excluding carboxylic acids is 1. The summed E-state index contributed by atoms with van der Waals surface area (Å²) >= 11 is 11.8. The molecule has 1 aromatic carbocycles. The monoisotopic (exact) mass is 341 g/mol. The van der Waals surface area contributed by atoms with Crippen LogP contribution in [0.3, 0.4) is 0 Å². The Morgan fingerprint density at radius 3 is 2.41 bits per heavy atom. The van der Waals surface area contributed by atoms with Gasteiger partial charge < -0.3 is 14.2 Å². The molecular weight excluding hydrogens is 329 g/mol. The topological polar surface area (TPSA) is 57.7 Å². The van der Waals surface area contributed by atoms with Gasteiger partial charge in [0.25, 0.3) is 0 Å². The van der Waals surface area contributed by atoms with E-state index in [9.17, 15) is 4.79 Å². The molecule has 2 aromatic rings. The Morgan fingerprint density at radius 1 is 1.18 bits per heavy atom. The summed E-state index contributed by atoms with van der Waals surface area (Å²) in [4.78, 5) is 15.3. The van der Waals surface area contributed by atoms with Gasteiger partial charge in [-0.25, -0.2) is 9.78 Å². The number of esters is 1. The van der Waals surface area contributed by atoms with E-state index in [0.29, 0.717) is 21.5 Å². The predicted molar refractivity (Wildman–Crippen MR) is 82.9 cm³/mol. The molecule has 0 fully saturated rings. The van der Waals surface area contributed by atoms with Crippen LogP contribution in [-0.2, 0) is 9.53 Å². The van der Waals surface area contributed by atoms with E-state index in [-0.39, 0.29) is 5.88 Å². The molecule has 2 rings (SSSR count). The van der Waals surface area contributed by atoms with Crippen LogP contribution in [0.5, 0.6) is 17.4 Å². The van der Waals surface area contributed by atoms with Crippen molar-refractivity contribution in [2.24, 2.45) is 0 Å². The first kappa shape index (κ1) is 16.4. The molecule has 1 aromatic heterocycles. The highest BCUT2D eigenvalue weighted by molar-refractivity contribution is 6.35. The summed E-state index contributed by atoms with van der Waals surface area (Å²) in [5.74, 6) is 0.843. The third kappa shape index (κ3) is 4.26. The second-order valence-corrected chi connectivity index (χ2v) is 5.14. The lowest BCUT2D eigenvalue weighted by Crippen LogP contribution is -2.24. The number of benzene rings is 1. The Balaban J connectivity index is 2.04. The highest BCUT2D eigenvalue weighted by Crippen LogP contribution is 2.29. The summed E-state index contributed by atoms with van der Waals surface area (Å²) in [6.45, 7) is 1.60. The van der Waals surface area contributed by atoms with Crippen LogP contribution in [0.1, 0.15) is 6.92 Å². The van der Waals surface area contributed by atoms with Crippen LogP contribution in [0.2, 0.25) is 10.0 Å². The van der Waals surface area contributed by atoms with Crippen LogP contribution < -0.4 is 9.47 Å². The number of methoxy groups -OCH3 is 1. The summed E-state index contributed by atoms with van der Waals surface area (Å²) < 4.78 is 15.6. The minimum absolute atomic E-state index is 0.252. The molecule has 0 radical (unpaired) electrons. The van der Waals surface area contributed by atoms with Crippen LogP contribution in [0, 0.1) is 0 Å². The number of carbonyl (C=O) groups is 1. The number of pyridine rings is 1. The quantitative estimate of drug-likeness (QED) is 0.765. The second-order valence-electron chi connectivity index (χ2n) is 4.30. The van der Waals surface area contributed by atoms with Crippen molar-refractivity contribution in [2.45, 2.75) is 13.0 Å². The summed E-state index contributed by atoms with van der Waals surface area (Å²) in [5, 5.41) is 0.741. The zero-order valence-corrected chi connectivity index (χ0v) is 13.4. The smallest absolute Gasteiger partial charge is 0.346 e. The summed E-state index contributed by atoms with van der Waals surface area (Å²) in [6.07, 6.45) is 0.752. The van der Waals surface area contributed by atoms with Crippen molar-refractivity contribution < 1.29 is 19.0 Å². The molecule has 5 nitrogen and oxygen atoms in total. The zero-order chi connectivity index (χ0) is 16.1. The van der Waals surface area contributed by atoms with Gasteiger partial charge in [0.2, 0.25) is 5.88 Å². The number of hydrogen-bond donors (Lipinski definition) is 0. The highest BCUT2D eigenvalue weighted by atomic mass is 35.5. The normalized spacial score (nSPS) is 11.6. The molecule has 1 atom stereocenters. The molecule has 0 saturated carbocycles. The van der Waals surface area contributed by atoms with E-state index in [2.05, 4.69) is 9.72 Å². The summed E-state index contributed by atoms with van der Waals surface area (Å²) in [6, 6.07) is 8.22. The third-order valence-electron chi connectivity index (χ3n) is 2.66. The maximum absolute atomic E-state index is 11.3. The van der Waals surface area contributed by atoms with Crippen molar-refractivity contribution >= 4 is 29.2 Å². The summed E-state index contributed by atoms with van der Waals surface area (Å²) in [5.41, 5.74) is 0. The predicted octanol–water partition coefficient (Wildman–Crippen LogP) is 4.12. The third-order valence-corrected chi connectivity index (χ3v) is 3.14. The second kappa shape index (κ2) is 7.33. The first-order chi connectivity index (χ1) is 10.5. The van der Waals surface area contributed by atoms with E-state index in [1.807, 2.05) is 0 Å². The molecule has 1 heterocycles. The van der Waals surface area contributed by atoms with Gasteiger partial charge in [-0.3, -0.25) is 0 Å². The minimum Gasteiger partial charge on any atom is -0.479 e. The molecule has 0 bridgehead atoms. The maximum Gasteiger partial charge on any atom is 0.346 e. The average molecular weight is 342 g/mol. The Labute approximate surface area is 137 Å². The van der Waals surface area contributed by atoms with Crippen LogP contribution in [0.25, 0.3) is 0 Å². The van der Waals surface area contributed by atoms with E-state index >= 15 is 0 Å². The fourth-order valence-electron chi connectivity index (χ4n) is 1.59. The van der Waals surface area contributed by atoms with Crippen molar-refractivity contribution in [3.05, 3.63) is 46.6 Å². The Hall–Kier alpha value is -1.98. The first-order valence-electron chi connectivity index (χ1n) is 6.33. The number of halogens is 2. The van der Waals surface area contributed by atoms with E-state index < -0.39 is 12.1 Å². The zero-order valence-electron chi connectivity index (χ0n) is 11.9. The van der Waals surface area contributed by atoms with Gasteiger partial charge in [-0.1, -0.05) is 23.2 Å². The van der Waals surface area contributed by atoms with Gasteiger partial charge in [0.15, 0.2) is 6.10 Å². The lowest BCUT2D eigenvalue weighted by Gasteiger charge is -2.13. The van der Waals surface area contributed by atoms with Crippen molar-refractivity contribution in [2.75, 3.05) is 7.11 Å². The molecule has 0 unspecified atom stereocenters. The molecule has 0 spiro atoms. The molecule has 0 N–H and O–H groups in total. The van der Waals surface area contributed by atoms with Crippen molar-refractivity contribution in [1.29, 1.82) is 0 Å². The molecule has 0 aliphatic carbocycles. The van der Waals surface area contributed by atoms with Crippen LogP contribution in [-0.4, -0.2) is 24.2 Å². The highest BCUT2D eigenvalue weighted by Gasteiger charge is 2.14. The van der Waals surface area contributed by atoms with Crippen LogP contribution in [0.4, 0.5) is 0 Å². The maximum atomic E-state index is 11.3. The van der Waals surface area contributed by atoms with Gasteiger partial charge in [-0.05, 0) is 37.3 Å². The SMILES string of the molecule is COC(=O)[C@@H](C)Oc1ccc(Oc2ncc(Cl)cc2Cl)cc1. The number of nitrogens with zero attached hydrogens (tertiary/aromatic N) is 1. The fourth-order valence-corrected chi connectivity index (χ4v) is 2.01. The Kier molecular flexibility index (Phi) is 5.46. The van der Waals surface area contributed by atoms with Gasteiger partial charge in [-0.15, -0.1) is 0 Å². The molecule has 0 aliphatic rings. The van der Waals surface area contributed by atoms with E-state index in [0.717, 1.165) is 0 Å². The van der Waals surface area contributed by atoms with Crippen molar-refractivity contribution in [1.82, 2.24) is 4.98 Å². The fraction of sp³-hybridized carbons (Fsp3) is 0.200. The first-order valence-corrected chi connectivity index (χ1v) is 7.08. The van der Waals surface area contributed by atoms with E-state index in [4.69, 9.17) is 32.7 Å². The molecule has 7 heteroatoms. The molecule has 22 heavy (non-hydrogen) atoms. The molecular formula is C15H13Cl2NO4. The van der Waals surface area contributed by atoms with Crippen molar-refractivity contribution in [3.63, 3.8) is 0 Å². The van der Waals surface area contributed by atoms with E-state index in [1.165, 1.54) is 13.3 Å². The Bertz CT molecular complexity index is 661. The lowest BCUT2D eigenvalue weighted by molar-refractivity contribution is -0.147. The number of rotatable bonds is 5. The molecule has 0 aliphatic heterocycles. The summed E-state index contributed by atoms with van der Waals surface area (Å²) in [7, 11) is 1.31. The van der Waals surface area contributed by atoms with Gasteiger partial charge in [-0.2, -0.15) is 0 Å². The van der Waals surface area contributed by atoms with E-state index in [1.54, 1.807) is 37.3 Å².